The highest BCUT2D eigenvalue weighted by Gasteiger charge is 2.17. The number of methoxy groups -OCH3 is 3. The second kappa shape index (κ2) is 10.4. The minimum Gasteiger partial charge on any atom is -0.493 e. The SMILES string of the molecule is COc1cc(-c2[nH]nc3ncc(-c4ccc(C)c(NCCCCO)c4)cc23)cc(OC)c1OC. The summed E-state index contributed by atoms with van der Waals surface area (Å²) in [6, 6.07) is 12.2. The van der Waals surface area contributed by atoms with Crippen molar-refractivity contribution in [3.8, 4) is 39.6 Å². The largest absolute Gasteiger partial charge is 0.493 e. The average molecular weight is 463 g/mol. The third-order valence-corrected chi connectivity index (χ3v) is 5.83. The third kappa shape index (κ3) is 4.63. The Bertz CT molecular complexity index is 1260. The fraction of sp³-hybridized carbons (Fsp3) is 0.308. The van der Waals surface area contributed by atoms with Crippen molar-refractivity contribution in [1.82, 2.24) is 15.2 Å². The van der Waals surface area contributed by atoms with Gasteiger partial charge in [0, 0.05) is 41.5 Å². The molecule has 0 bridgehead atoms. The van der Waals surface area contributed by atoms with Gasteiger partial charge >= 0.3 is 0 Å². The van der Waals surface area contributed by atoms with Crippen molar-refractivity contribution in [3.63, 3.8) is 0 Å². The lowest BCUT2D eigenvalue weighted by atomic mass is 10.0. The normalized spacial score (nSPS) is 11.0. The maximum Gasteiger partial charge on any atom is 0.203 e. The molecule has 0 aliphatic rings. The van der Waals surface area contributed by atoms with E-state index in [-0.39, 0.29) is 6.61 Å². The molecule has 0 aliphatic heterocycles. The molecule has 4 aromatic rings. The van der Waals surface area contributed by atoms with Crippen LogP contribution in [0.3, 0.4) is 0 Å². The van der Waals surface area contributed by atoms with Gasteiger partial charge in [-0.25, -0.2) is 4.98 Å². The van der Waals surface area contributed by atoms with Gasteiger partial charge in [-0.3, -0.25) is 5.10 Å². The molecule has 4 rings (SSSR count). The van der Waals surface area contributed by atoms with E-state index in [4.69, 9.17) is 19.3 Å². The molecule has 8 nitrogen and oxygen atoms in total. The lowest BCUT2D eigenvalue weighted by Crippen LogP contribution is -2.04. The van der Waals surface area contributed by atoms with E-state index in [2.05, 4.69) is 51.7 Å². The molecule has 0 atom stereocenters. The first kappa shape index (κ1) is 23.4. The van der Waals surface area contributed by atoms with Gasteiger partial charge in [0.2, 0.25) is 5.75 Å². The van der Waals surface area contributed by atoms with Crippen molar-refractivity contribution < 1.29 is 19.3 Å². The highest BCUT2D eigenvalue weighted by atomic mass is 16.5. The van der Waals surface area contributed by atoms with Crippen LogP contribution in [0, 0.1) is 6.92 Å². The minimum atomic E-state index is 0.214. The molecule has 2 aromatic heterocycles. The van der Waals surface area contributed by atoms with Crippen molar-refractivity contribution in [2.45, 2.75) is 19.8 Å². The second-order valence-corrected chi connectivity index (χ2v) is 7.99. The van der Waals surface area contributed by atoms with Crippen molar-refractivity contribution in [3.05, 3.63) is 48.2 Å². The second-order valence-electron chi connectivity index (χ2n) is 7.99. The molecule has 0 unspecified atom stereocenters. The molecule has 0 spiro atoms. The van der Waals surface area contributed by atoms with Gasteiger partial charge in [0.1, 0.15) is 0 Å². The van der Waals surface area contributed by atoms with E-state index in [1.165, 1.54) is 5.56 Å². The highest BCUT2D eigenvalue weighted by molar-refractivity contribution is 5.94. The lowest BCUT2D eigenvalue weighted by molar-refractivity contribution is 0.286. The Hall–Kier alpha value is -3.78. The quantitative estimate of drug-likeness (QED) is 0.291. The molecule has 0 saturated carbocycles. The van der Waals surface area contributed by atoms with Crippen molar-refractivity contribution in [2.24, 2.45) is 0 Å². The van der Waals surface area contributed by atoms with Gasteiger partial charge in [-0.15, -0.1) is 0 Å². The number of anilines is 1. The molecule has 2 heterocycles. The van der Waals surface area contributed by atoms with E-state index in [9.17, 15) is 0 Å². The van der Waals surface area contributed by atoms with Crippen LogP contribution in [0.5, 0.6) is 17.2 Å². The molecule has 2 aromatic carbocycles. The van der Waals surface area contributed by atoms with E-state index < -0.39 is 0 Å². The van der Waals surface area contributed by atoms with Crippen LogP contribution in [0.2, 0.25) is 0 Å². The van der Waals surface area contributed by atoms with E-state index in [0.29, 0.717) is 22.9 Å². The predicted octanol–water partition coefficient (Wildman–Crippen LogP) is 4.81. The molecule has 8 heteroatoms. The Balaban J connectivity index is 1.73. The molecule has 0 fully saturated rings. The molecule has 0 saturated heterocycles. The standard InChI is InChI=1S/C26H30N4O4/c1-16-7-8-17(12-21(16)27-9-5-6-10-31)19-11-20-24(29-30-26(20)28-15-19)18-13-22(32-2)25(34-4)23(14-18)33-3/h7-8,11-15,27,31H,5-6,9-10H2,1-4H3,(H,28,29,30). The number of aromatic amines is 1. The van der Waals surface area contributed by atoms with Crippen molar-refractivity contribution >= 4 is 16.7 Å². The summed E-state index contributed by atoms with van der Waals surface area (Å²) < 4.78 is 16.5. The molecule has 34 heavy (non-hydrogen) atoms. The fourth-order valence-corrected chi connectivity index (χ4v) is 3.95. The number of unbranched alkanes of at least 4 members (excludes halogenated alkanes) is 1. The zero-order valence-electron chi connectivity index (χ0n) is 19.9. The zero-order chi connectivity index (χ0) is 24.1. The van der Waals surface area contributed by atoms with E-state index in [1.54, 1.807) is 21.3 Å². The van der Waals surface area contributed by atoms with Gasteiger partial charge in [0.15, 0.2) is 17.1 Å². The van der Waals surface area contributed by atoms with Crippen LogP contribution < -0.4 is 19.5 Å². The molecular formula is C26H30N4O4. The van der Waals surface area contributed by atoms with Gasteiger partial charge < -0.3 is 24.6 Å². The number of pyridine rings is 1. The number of hydrogen-bond acceptors (Lipinski definition) is 7. The van der Waals surface area contributed by atoms with Crippen LogP contribution in [-0.2, 0) is 0 Å². The number of fused-ring (bicyclic) bond motifs is 1. The van der Waals surface area contributed by atoms with Crippen molar-refractivity contribution in [1.29, 1.82) is 0 Å². The number of nitrogens with one attached hydrogen (secondary N) is 2. The predicted molar refractivity (Wildman–Crippen MR) is 134 cm³/mol. The number of ether oxygens (including phenoxy) is 3. The van der Waals surface area contributed by atoms with Crippen LogP contribution in [0.25, 0.3) is 33.4 Å². The van der Waals surface area contributed by atoms with Gasteiger partial charge in [-0.1, -0.05) is 12.1 Å². The summed E-state index contributed by atoms with van der Waals surface area (Å²) in [4.78, 5) is 4.58. The number of benzene rings is 2. The maximum absolute atomic E-state index is 9.01. The summed E-state index contributed by atoms with van der Waals surface area (Å²) in [5.74, 6) is 1.67. The summed E-state index contributed by atoms with van der Waals surface area (Å²) in [5, 5.41) is 20.9. The molecule has 178 valence electrons. The van der Waals surface area contributed by atoms with E-state index >= 15 is 0 Å². The monoisotopic (exact) mass is 462 g/mol. The van der Waals surface area contributed by atoms with Gasteiger partial charge in [0.05, 0.1) is 27.0 Å². The number of aliphatic hydroxyl groups excluding tert-OH is 1. The average Bonchev–Trinajstić information content (AvgIpc) is 3.30. The highest BCUT2D eigenvalue weighted by Crippen LogP contribution is 2.42. The zero-order valence-corrected chi connectivity index (χ0v) is 19.9. The van der Waals surface area contributed by atoms with E-state index in [1.807, 2.05) is 18.3 Å². The Kier molecular flexibility index (Phi) is 7.18. The Morgan fingerprint density at radius 2 is 1.68 bits per heavy atom. The number of H-pyrrole nitrogens is 1. The Morgan fingerprint density at radius 3 is 2.35 bits per heavy atom. The van der Waals surface area contributed by atoms with Crippen LogP contribution in [0.15, 0.2) is 42.6 Å². The Morgan fingerprint density at radius 1 is 0.912 bits per heavy atom. The number of nitrogens with zero attached hydrogens (tertiary/aromatic N) is 2. The molecule has 3 N–H and O–H groups in total. The third-order valence-electron chi connectivity index (χ3n) is 5.83. The first-order valence-electron chi connectivity index (χ1n) is 11.2. The topological polar surface area (TPSA) is 102 Å². The van der Waals surface area contributed by atoms with E-state index in [0.717, 1.165) is 52.8 Å². The number of hydrogen-bond donors (Lipinski definition) is 3. The molecule has 0 aliphatic carbocycles. The van der Waals surface area contributed by atoms with Crippen LogP contribution in [0.4, 0.5) is 5.69 Å². The number of rotatable bonds is 10. The summed E-state index contributed by atoms with van der Waals surface area (Å²) >= 11 is 0. The van der Waals surface area contributed by atoms with Gasteiger partial charge in [-0.05, 0) is 55.2 Å². The fourth-order valence-electron chi connectivity index (χ4n) is 3.95. The Labute approximate surface area is 198 Å². The van der Waals surface area contributed by atoms with Gasteiger partial charge in [0.25, 0.3) is 0 Å². The maximum atomic E-state index is 9.01. The van der Waals surface area contributed by atoms with Crippen molar-refractivity contribution in [2.75, 3.05) is 39.8 Å². The smallest absolute Gasteiger partial charge is 0.203 e. The summed E-state index contributed by atoms with van der Waals surface area (Å²) in [7, 11) is 4.77. The van der Waals surface area contributed by atoms with Crippen LogP contribution in [-0.4, -0.2) is 54.8 Å². The van der Waals surface area contributed by atoms with Crippen LogP contribution in [0.1, 0.15) is 18.4 Å². The molecule has 0 amide bonds. The molecular weight excluding hydrogens is 432 g/mol. The summed E-state index contributed by atoms with van der Waals surface area (Å²) in [6.45, 7) is 3.11. The lowest BCUT2D eigenvalue weighted by Gasteiger charge is -2.14. The summed E-state index contributed by atoms with van der Waals surface area (Å²) in [5.41, 5.74) is 6.59. The minimum absolute atomic E-state index is 0.214. The number of aromatic nitrogens is 3. The first-order chi connectivity index (χ1) is 16.6. The summed E-state index contributed by atoms with van der Waals surface area (Å²) in [6.07, 6.45) is 3.54. The van der Waals surface area contributed by atoms with Crippen LogP contribution >= 0.6 is 0 Å². The first-order valence-corrected chi connectivity index (χ1v) is 11.2. The number of aliphatic hydroxyl groups is 1. The number of aryl methyl sites for hydroxylation is 1. The molecule has 0 radical (unpaired) electrons. The van der Waals surface area contributed by atoms with Gasteiger partial charge in [-0.2, -0.15) is 5.10 Å².